The first-order valence-electron chi connectivity index (χ1n) is 8.14. The second-order valence-electron chi connectivity index (χ2n) is 5.78. The Hall–Kier alpha value is -0.620. The molecule has 10 heteroatoms. The molecule has 26 heavy (non-hydrogen) atoms. The zero-order chi connectivity index (χ0) is 18.3. The highest BCUT2D eigenvalue weighted by Gasteiger charge is 2.23. The minimum atomic E-state index is -3.27. The molecule has 1 N–H and O–H groups in total. The van der Waals surface area contributed by atoms with Crippen LogP contribution in [0.2, 0.25) is 5.02 Å². The van der Waals surface area contributed by atoms with E-state index in [1.165, 1.54) is 4.31 Å². The van der Waals surface area contributed by atoms with Crippen molar-refractivity contribution in [3.8, 4) is 0 Å². The first kappa shape index (κ1) is 23.4. The van der Waals surface area contributed by atoms with E-state index in [0.29, 0.717) is 50.4 Å². The average molecular weight is 517 g/mol. The van der Waals surface area contributed by atoms with Gasteiger partial charge in [0.15, 0.2) is 5.96 Å². The van der Waals surface area contributed by atoms with Crippen molar-refractivity contribution < 1.29 is 13.2 Å². The normalized spacial score (nSPS) is 16.0. The van der Waals surface area contributed by atoms with Gasteiger partial charge in [-0.05, 0) is 17.7 Å². The maximum atomic E-state index is 12.3. The lowest BCUT2D eigenvalue weighted by atomic mass is 10.2. The lowest BCUT2D eigenvalue weighted by molar-refractivity contribution is 0.0730. The summed E-state index contributed by atoms with van der Waals surface area (Å²) in [5, 5.41) is 3.81. The van der Waals surface area contributed by atoms with Crippen molar-refractivity contribution in [1.82, 2.24) is 14.5 Å². The number of halogens is 2. The van der Waals surface area contributed by atoms with Gasteiger partial charge in [-0.1, -0.05) is 23.7 Å². The number of aliphatic imine (C=N–C) groups is 1. The Morgan fingerprint density at radius 2 is 1.92 bits per heavy atom. The fraction of sp³-hybridized carbons (Fsp3) is 0.562. The highest BCUT2D eigenvalue weighted by molar-refractivity contribution is 14.0. The van der Waals surface area contributed by atoms with E-state index >= 15 is 0 Å². The number of nitrogens with zero attached hydrogens (tertiary/aromatic N) is 3. The molecule has 1 aromatic rings. The van der Waals surface area contributed by atoms with Gasteiger partial charge in [-0.25, -0.2) is 8.42 Å². The van der Waals surface area contributed by atoms with Gasteiger partial charge in [0.2, 0.25) is 10.0 Å². The average Bonchev–Trinajstić information content (AvgIpc) is 2.61. The predicted molar refractivity (Wildman–Crippen MR) is 116 cm³/mol. The van der Waals surface area contributed by atoms with Crippen molar-refractivity contribution in [3.63, 3.8) is 0 Å². The number of hydrogen-bond donors (Lipinski definition) is 1. The Labute approximate surface area is 177 Å². The monoisotopic (exact) mass is 516 g/mol. The molecule has 0 spiro atoms. The van der Waals surface area contributed by atoms with E-state index in [1.807, 2.05) is 36.2 Å². The van der Waals surface area contributed by atoms with E-state index in [1.54, 1.807) is 7.05 Å². The van der Waals surface area contributed by atoms with E-state index in [9.17, 15) is 8.42 Å². The maximum Gasteiger partial charge on any atom is 0.215 e. The molecule has 0 unspecified atom stereocenters. The minimum Gasteiger partial charge on any atom is -0.379 e. The Kier molecular flexibility index (Phi) is 10.2. The quantitative estimate of drug-likeness (QED) is 0.353. The molecule has 1 aliphatic rings. The van der Waals surface area contributed by atoms with Crippen LogP contribution >= 0.6 is 35.6 Å². The first-order valence-corrected chi connectivity index (χ1v) is 10.1. The molecule has 1 heterocycles. The van der Waals surface area contributed by atoms with Crippen molar-refractivity contribution in [2.24, 2.45) is 4.99 Å². The molecule has 0 aromatic heterocycles. The molecule has 1 fully saturated rings. The summed E-state index contributed by atoms with van der Waals surface area (Å²) >= 11 is 5.89. The summed E-state index contributed by atoms with van der Waals surface area (Å²) in [5.41, 5.74) is 1.09. The van der Waals surface area contributed by atoms with Crippen molar-refractivity contribution in [2.45, 2.75) is 6.54 Å². The van der Waals surface area contributed by atoms with E-state index in [4.69, 9.17) is 16.3 Å². The van der Waals surface area contributed by atoms with Crippen LogP contribution in [0.4, 0.5) is 0 Å². The maximum absolute atomic E-state index is 12.3. The van der Waals surface area contributed by atoms with Crippen LogP contribution in [0.1, 0.15) is 5.56 Å². The molecular weight excluding hydrogens is 491 g/mol. The second kappa shape index (κ2) is 11.3. The summed E-state index contributed by atoms with van der Waals surface area (Å²) in [5.74, 6) is 0.674. The molecule has 0 radical (unpaired) electrons. The van der Waals surface area contributed by atoms with Gasteiger partial charge in [0, 0.05) is 45.3 Å². The number of nitrogens with one attached hydrogen (secondary N) is 1. The van der Waals surface area contributed by atoms with Gasteiger partial charge in [0.05, 0.1) is 19.0 Å². The molecule has 148 valence electrons. The molecule has 1 aromatic carbocycles. The number of sulfonamides is 1. The third-order valence-corrected chi connectivity index (χ3v) is 6.04. The number of guanidine groups is 1. The van der Waals surface area contributed by atoms with Gasteiger partial charge in [-0.3, -0.25) is 4.99 Å². The number of ether oxygens (including phenoxy) is 1. The Bertz CT molecular complexity index is 679. The molecule has 0 atom stereocenters. The topological polar surface area (TPSA) is 74.2 Å². The summed E-state index contributed by atoms with van der Waals surface area (Å²) in [6.45, 7) is 2.71. The lowest BCUT2D eigenvalue weighted by Crippen LogP contribution is -2.45. The van der Waals surface area contributed by atoms with Gasteiger partial charge in [-0.2, -0.15) is 4.31 Å². The van der Waals surface area contributed by atoms with Crippen molar-refractivity contribution in [2.75, 3.05) is 52.7 Å². The van der Waals surface area contributed by atoms with Gasteiger partial charge < -0.3 is 15.0 Å². The second-order valence-corrected chi connectivity index (χ2v) is 8.31. The zero-order valence-corrected chi connectivity index (χ0v) is 18.9. The van der Waals surface area contributed by atoms with Crippen LogP contribution in [-0.2, 0) is 21.3 Å². The molecule has 2 rings (SSSR count). The highest BCUT2D eigenvalue weighted by Crippen LogP contribution is 2.11. The van der Waals surface area contributed by atoms with Crippen LogP contribution in [0.5, 0.6) is 0 Å². The van der Waals surface area contributed by atoms with Crippen molar-refractivity contribution >= 4 is 51.6 Å². The number of benzene rings is 1. The molecule has 0 saturated carbocycles. The Morgan fingerprint density at radius 1 is 1.31 bits per heavy atom. The van der Waals surface area contributed by atoms with Crippen LogP contribution in [0, 0.1) is 0 Å². The van der Waals surface area contributed by atoms with E-state index < -0.39 is 10.0 Å². The summed E-state index contributed by atoms with van der Waals surface area (Å²) in [7, 11) is 0.307. The molecule has 0 aliphatic carbocycles. The van der Waals surface area contributed by atoms with E-state index in [0.717, 1.165) is 5.56 Å². The number of rotatable bonds is 6. The summed E-state index contributed by atoms with van der Waals surface area (Å²) < 4.78 is 31.3. The minimum absolute atomic E-state index is 0. The Balaban J connectivity index is 0.00000338. The SMILES string of the molecule is CN=C(NCCS(=O)(=O)N1CCOCC1)N(C)Cc1ccc(Cl)cc1.I. The van der Waals surface area contributed by atoms with Crippen LogP contribution < -0.4 is 5.32 Å². The first-order chi connectivity index (χ1) is 11.9. The molecule has 0 amide bonds. The fourth-order valence-corrected chi connectivity index (χ4v) is 4.02. The largest absolute Gasteiger partial charge is 0.379 e. The highest BCUT2D eigenvalue weighted by atomic mass is 127. The van der Waals surface area contributed by atoms with E-state index in [2.05, 4.69) is 10.3 Å². The summed E-state index contributed by atoms with van der Waals surface area (Å²) in [4.78, 5) is 6.15. The van der Waals surface area contributed by atoms with Crippen LogP contribution in [0.3, 0.4) is 0 Å². The van der Waals surface area contributed by atoms with Gasteiger partial charge in [0.25, 0.3) is 0 Å². The number of morpholine rings is 1. The smallest absolute Gasteiger partial charge is 0.215 e. The molecule has 1 aliphatic heterocycles. The predicted octanol–water partition coefficient (Wildman–Crippen LogP) is 1.63. The molecule has 1 saturated heterocycles. The zero-order valence-electron chi connectivity index (χ0n) is 15.0. The van der Waals surface area contributed by atoms with Crippen LogP contribution in [-0.4, -0.2) is 76.3 Å². The van der Waals surface area contributed by atoms with Gasteiger partial charge >= 0.3 is 0 Å². The van der Waals surface area contributed by atoms with Crippen LogP contribution in [0.25, 0.3) is 0 Å². The van der Waals surface area contributed by atoms with E-state index in [-0.39, 0.29) is 29.7 Å². The van der Waals surface area contributed by atoms with Crippen molar-refractivity contribution in [3.05, 3.63) is 34.9 Å². The molecular formula is C16H26ClIN4O3S. The third kappa shape index (κ3) is 7.18. The third-order valence-electron chi connectivity index (χ3n) is 3.91. The standard InChI is InChI=1S/C16H25ClN4O3S.HI/c1-18-16(20(2)13-14-3-5-15(17)6-4-14)19-7-12-25(22,23)21-8-10-24-11-9-21;/h3-6H,7-13H2,1-2H3,(H,18,19);1H. The van der Waals surface area contributed by atoms with Crippen molar-refractivity contribution in [1.29, 1.82) is 0 Å². The lowest BCUT2D eigenvalue weighted by Gasteiger charge is -2.27. The Morgan fingerprint density at radius 3 is 2.50 bits per heavy atom. The summed E-state index contributed by atoms with van der Waals surface area (Å²) in [6.07, 6.45) is 0. The molecule has 7 nitrogen and oxygen atoms in total. The van der Waals surface area contributed by atoms with Gasteiger partial charge in [0.1, 0.15) is 0 Å². The van der Waals surface area contributed by atoms with Gasteiger partial charge in [-0.15, -0.1) is 24.0 Å². The van der Waals surface area contributed by atoms with Crippen LogP contribution in [0.15, 0.2) is 29.3 Å². The summed E-state index contributed by atoms with van der Waals surface area (Å²) in [6, 6.07) is 7.59. The fourth-order valence-electron chi connectivity index (χ4n) is 2.57. The number of hydrogen-bond acceptors (Lipinski definition) is 4. The molecule has 0 bridgehead atoms.